The molecule has 0 aliphatic heterocycles. The van der Waals surface area contributed by atoms with Crippen LogP contribution in [-0.2, 0) is 9.53 Å². The molecule has 4 heteroatoms. The van der Waals surface area contributed by atoms with Crippen LogP contribution in [0.1, 0.15) is 59.8 Å². The number of carbonyl (C=O) groups excluding carboxylic acids is 2. The lowest BCUT2D eigenvalue weighted by Gasteiger charge is -2.31. The van der Waals surface area contributed by atoms with Gasteiger partial charge in [-0.05, 0) is 45.4 Å². The molecular formula is C15H27NO3. The van der Waals surface area contributed by atoms with Crippen LogP contribution < -0.4 is 5.32 Å². The first kappa shape index (κ1) is 16.0. The van der Waals surface area contributed by atoms with E-state index in [9.17, 15) is 9.59 Å². The highest BCUT2D eigenvalue weighted by Gasteiger charge is 2.29. The van der Waals surface area contributed by atoms with Gasteiger partial charge >= 0.3 is 6.09 Å². The molecule has 19 heavy (non-hydrogen) atoms. The lowest BCUT2D eigenvalue weighted by atomic mass is 9.78. The number of ether oxygens (including phenoxy) is 1. The van der Waals surface area contributed by atoms with Gasteiger partial charge in [-0.25, -0.2) is 4.79 Å². The molecule has 110 valence electrons. The molecule has 1 unspecified atom stereocenters. The lowest BCUT2D eigenvalue weighted by molar-refractivity contribution is -0.111. The Morgan fingerprint density at radius 1 is 1.32 bits per heavy atom. The first-order valence-electron chi connectivity index (χ1n) is 7.30. The maximum atomic E-state index is 11.7. The molecule has 0 bridgehead atoms. The van der Waals surface area contributed by atoms with Gasteiger partial charge in [-0.15, -0.1) is 0 Å². The van der Waals surface area contributed by atoms with Gasteiger partial charge in [-0.2, -0.15) is 0 Å². The average molecular weight is 269 g/mol. The van der Waals surface area contributed by atoms with Gasteiger partial charge in [0.05, 0.1) is 6.04 Å². The summed E-state index contributed by atoms with van der Waals surface area (Å²) in [5, 5.41) is 2.70. The highest BCUT2D eigenvalue weighted by Crippen LogP contribution is 2.32. The Labute approximate surface area is 116 Å². The number of hydrogen-bond donors (Lipinski definition) is 1. The molecule has 0 aromatic rings. The third-order valence-electron chi connectivity index (χ3n) is 3.81. The third-order valence-corrected chi connectivity index (χ3v) is 3.81. The van der Waals surface area contributed by atoms with E-state index in [-0.39, 0.29) is 5.92 Å². The molecule has 1 aliphatic carbocycles. The van der Waals surface area contributed by atoms with E-state index in [1.165, 1.54) is 6.42 Å². The molecule has 1 saturated carbocycles. The second kappa shape index (κ2) is 6.92. The van der Waals surface area contributed by atoms with Crippen molar-refractivity contribution in [3.8, 4) is 0 Å². The zero-order valence-electron chi connectivity index (χ0n) is 12.6. The molecule has 4 nitrogen and oxygen atoms in total. The molecule has 0 heterocycles. The SMILES string of the molecule is CCC1CCC(C(C=O)NC(=O)OC(C)(C)C)CC1. The Hall–Kier alpha value is -1.06. The first-order chi connectivity index (χ1) is 8.85. The number of carbonyl (C=O) groups is 2. The van der Waals surface area contributed by atoms with Gasteiger partial charge in [-0.1, -0.05) is 26.2 Å². The van der Waals surface area contributed by atoms with E-state index in [0.717, 1.165) is 37.9 Å². The molecule has 0 aromatic carbocycles. The van der Waals surface area contributed by atoms with Crippen molar-refractivity contribution in [2.45, 2.75) is 71.4 Å². The van der Waals surface area contributed by atoms with Crippen LogP contribution >= 0.6 is 0 Å². The number of aldehydes is 1. The predicted molar refractivity (Wildman–Crippen MR) is 75.0 cm³/mol. The van der Waals surface area contributed by atoms with Crippen molar-refractivity contribution in [2.24, 2.45) is 11.8 Å². The number of hydrogen-bond acceptors (Lipinski definition) is 3. The summed E-state index contributed by atoms with van der Waals surface area (Å²) in [6.45, 7) is 7.65. The summed E-state index contributed by atoms with van der Waals surface area (Å²) in [4.78, 5) is 22.9. The Bertz CT molecular complexity index is 301. The van der Waals surface area contributed by atoms with Gasteiger partial charge in [0.25, 0.3) is 0 Å². The average Bonchev–Trinajstić information content (AvgIpc) is 2.34. The van der Waals surface area contributed by atoms with Crippen molar-refractivity contribution in [2.75, 3.05) is 0 Å². The topological polar surface area (TPSA) is 55.4 Å². The molecule has 1 rings (SSSR count). The van der Waals surface area contributed by atoms with Crippen molar-refractivity contribution in [3.63, 3.8) is 0 Å². The monoisotopic (exact) mass is 269 g/mol. The van der Waals surface area contributed by atoms with E-state index >= 15 is 0 Å². The minimum Gasteiger partial charge on any atom is -0.444 e. The molecule has 0 spiro atoms. The summed E-state index contributed by atoms with van der Waals surface area (Å²) in [6, 6.07) is -0.410. The second-order valence-corrected chi connectivity index (χ2v) is 6.50. The maximum absolute atomic E-state index is 11.7. The van der Waals surface area contributed by atoms with Crippen molar-refractivity contribution in [1.29, 1.82) is 0 Å². The smallest absolute Gasteiger partial charge is 0.408 e. The maximum Gasteiger partial charge on any atom is 0.408 e. The Kier molecular flexibility index (Phi) is 5.83. The number of amides is 1. The summed E-state index contributed by atoms with van der Waals surface area (Å²) < 4.78 is 5.19. The second-order valence-electron chi connectivity index (χ2n) is 6.50. The number of alkyl carbamates (subject to hydrolysis) is 1. The van der Waals surface area contributed by atoms with Crippen molar-refractivity contribution >= 4 is 12.4 Å². The van der Waals surface area contributed by atoms with E-state index in [2.05, 4.69) is 12.2 Å². The van der Waals surface area contributed by atoms with E-state index < -0.39 is 17.7 Å². The van der Waals surface area contributed by atoms with Gasteiger partial charge in [0.2, 0.25) is 0 Å². The summed E-state index contributed by atoms with van der Waals surface area (Å²) in [7, 11) is 0. The summed E-state index contributed by atoms with van der Waals surface area (Å²) >= 11 is 0. The van der Waals surface area contributed by atoms with Crippen LogP contribution in [0.4, 0.5) is 4.79 Å². The highest BCUT2D eigenvalue weighted by atomic mass is 16.6. The van der Waals surface area contributed by atoms with Gasteiger partial charge in [0.1, 0.15) is 11.9 Å². The fourth-order valence-electron chi connectivity index (χ4n) is 2.66. The van der Waals surface area contributed by atoms with Crippen LogP contribution in [0.25, 0.3) is 0 Å². The Morgan fingerprint density at radius 3 is 2.32 bits per heavy atom. The van der Waals surface area contributed by atoms with Gasteiger partial charge in [0, 0.05) is 0 Å². The first-order valence-corrected chi connectivity index (χ1v) is 7.30. The Morgan fingerprint density at radius 2 is 1.89 bits per heavy atom. The fourth-order valence-corrected chi connectivity index (χ4v) is 2.66. The molecule has 1 amide bonds. The zero-order valence-corrected chi connectivity index (χ0v) is 12.6. The van der Waals surface area contributed by atoms with Gasteiger partial charge in [-0.3, -0.25) is 0 Å². The van der Waals surface area contributed by atoms with E-state index in [1.54, 1.807) is 0 Å². The van der Waals surface area contributed by atoms with Crippen molar-refractivity contribution in [3.05, 3.63) is 0 Å². The third kappa shape index (κ3) is 5.62. The quantitative estimate of drug-likeness (QED) is 0.797. The fraction of sp³-hybridized carbons (Fsp3) is 0.867. The molecule has 0 saturated heterocycles. The van der Waals surface area contributed by atoms with Crippen LogP contribution in [0.5, 0.6) is 0 Å². The molecule has 1 fully saturated rings. The summed E-state index contributed by atoms with van der Waals surface area (Å²) in [5.41, 5.74) is -0.530. The zero-order chi connectivity index (χ0) is 14.5. The van der Waals surface area contributed by atoms with Crippen molar-refractivity contribution < 1.29 is 14.3 Å². The predicted octanol–water partition coefficient (Wildman–Crippen LogP) is 3.30. The van der Waals surface area contributed by atoms with Crippen LogP contribution in [-0.4, -0.2) is 24.0 Å². The van der Waals surface area contributed by atoms with Gasteiger partial charge in [0.15, 0.2) is 0 Å². The molecular weight excluding hydrogens is 242 g/mol. The number of rotatable bonds is 4. The molecule has 1 aliphatic rings. The van der Waals surface area contributed by atoms with Gasteiger partial charge < -0.3 is 14.8 Å². The van der Waals surface area contributed by atoms with Crippen LogP contribution in [0, 0.1) is 11.8 Å². The molecule has 1 atom stereocenters. The van der Waals surface area contributed by atoms with E-state index in [1.807, 2.05) is 20.8 Å². The largest absolute Gasteiger partial charge is 0.444 e. The summed E-state index contributed by atoms with van der Waals surface area (Å²) in [6.07, 6.45) is 5.89. The molecule has 0 radical (unpaired) electrons. The van der Waals surface area contributed by atoms with E-state index in [0.29, 0.717) is 0 Å². The molecule has 0 aromatic heterocycles. The van der Waals surface area contributed by atoms with Crippen molar-refractivity contribution in [1.82, 2.24) is 5.32 Å². The standard InChI is InChI=1S/C15H27NO3/c1-5-11-6-8-12(9-7-11)13(10-17)16-14(18)19-15(2,3)4/h10-13H,5-9H2,1-4H3,(H,16,18). The highest BCUT2D eigenvalue weighted by molar-refractivity contribution is 5.73. The minimum atomic E-state index is -0.530. The lowest BCUT2D eigenvalue weighted by Crippen LogP contribution is -2.45. The number of nitrogens with one attached hydrogen (secondary N) is 1. The molecule has 1 N–H and O–H groups in total. The van der Waals surface area contributed by atoms with Crippen LogP contribution in [0.2, 0.25) is 0 Å². The normalized spacial score (nSPS) is 25.5. The van der Waals surface area contributed by atoms with Crippen LogP contribution in [0.3, 0.4) is 0 Å². The van der Waals surface area contributed by atoms with Crippen LogP contribution in [0.15, 0.2) is 0 Å². The van der Waals surface area contributed by atoms with E-state index in [4.69, 9.17) is 4.74 Å². The Balaban J connectivity index is 2.46. The minimum absolute atomic E-state index is 0.257. The summed E-state index contributed by atoms with van der Waals surface area (Å²) in [5.74, 6) is 1.04.